The van der Waals surface area contributed by atoms with Crippen LogP contribution in [0.2, 0.25) is 0 Å². The smallest absolute Gasteiger partial charge is 0.305 e. The van der Waals surface area contributed by atoms with Crippen molar-refractivity contribution in [1.82, 2.24) is 5.32 Å². The molecule has 3 saturated carbocycles. The van der Waals surface area contributed by atoms with Gasteiger partial charge in [-0.15, -0.1) is 0 Å². The van der Waals surface area contributed by atoms with E-state index in [1.165, 1.54) is 18.4 Å². The average Bonchev–Trinajstić information content (AvgIpc) is 3.11. The van der Waals surface area contributed by atoms with E-state index in [0.717, 1.165) is 50.7 Å². The fourth-order valence-electron chi connectivity index (χ4n) is 9.45. The Labute approximate surface area is 239 Å². The van der Waals surface area contributed by atoms with Crippen LogP contribution in [0.25, 0.3) is 0 Å². The molecule has 0 aromatic carbocycles. The van der Waals surface area contributed by atoms with E-state index in [2.05, 4.69) is 37.3 Å². The van der Waals surface area contributed by atoms with Gasteiger partial charge < -0.3 is 25.1 Å². The molecular formula is C32H50N2O6. The molecule has 1 heterocycles. The van der Waals surface area contributed by atoms with Crippen LogP contribution in [-0.4, -0.2) is 58.3 Å². The number of amides is 1. The first-order chi connectivity index (χ1) is 18.7. The molecule has 1 amide bonds. The Kier molecular flexibility index (Phi) is 7.92. The Balaban J connectivity index is 1.19. The summed E-state index contributed by atoms with van der Waals surface area (Å²) in [5.74, 6) is 0.699. The fraction of sp³-hybridized carbons (Fsp3) is 0.844. The van der Waals surface area contributed by atoms with E-state index in [9.17, 15) is 19.8 Å². The van der Waals surface area contributed by atoms with Gasteiger partial charge in [-0.25, -0.2) is 0 Å². The molecule has 224 valence electrons. The van der Waals surface area contributed by atoms with Crippen LogP contribution in [0.3, 0.4) is 0 Å². The lowest BCUT2D eigenvalue weighted by molar-refractivity contribution is -0.139. The minimum Gasteiger partial charge on any atom is -0.481 e. The van der Waals surface area contributed by atoms with Gasteiger partial charge in [-0.2, -0.15) is 0 Å². The summed E-state index contributed by atoms with van der Waals surface area (Å²) in [6, 6.07) is -0.460. The van der Waals surface area contributed by atoms with Gasteiger partial charge in [0.15, 0.2) is 6.61 Å². The number of rotatable bonds is 7. The third-order valence-electron chi connectivity index (χ3n) is 12.0. The highest BCUT2D eigenvalue weighted by Gasteiger charge is 2.62. The van der Waals surface area contributed by atoms with Crippen LogP contribution in [0.15, 0.2) is 16.8 Å². The van der Waals surface area contributed by atoms with Crippen LogP contribution in [0.4, 0.5) is 0 Å². The molecule has 0 spiro atoms. The first-order valence-electron chi connectivity index (χ1n) is 15.5. The zero-order chi connectivity index (χ0) is 28.9. The summed E-state index contributed by atoms with van der Waals surface area (Å²) in [6.45, 7) is 11.2. The summed E-state index contributed by atoms with van der Waals surface area (Å²) < 4.78 is 5.77. The minimum atomic E-state index is -0.928. The first kappa shape index (κ1) is 29.6. The zero-order valence-corrected chi connectivity index (χ0v) is 25.1. The number of carbonyl (C=O) groups excluding carboxylic acids is 1. The monoisotopic (exact) mass is 558 g/mol. The highest BCUT2D eigenvalue weighted by molar-refractivity contribution is 5.96. The van der Waals surface area contributed by atoms with Crippen LogP contribution in [0.5, 0.6) is 0 Å². The highest BCUT2D eigenvalue weighted by atomic mass is 16.6. The lowest BCUT2D eigenvalue weighted by Crippen LogP contribution is -2.53. The quantitative estimate of drug-likeness (QED) is 0.368. The van der Waals surface area contributed by atoms with E-state index < -0.39 is 17.6 Å². The number of ether oxygens (including phenoxy) is 1. The number of aliphatic hydroxyl groups is 1. The summed E-state index contributed by atoms with van der Waals surface area (Å²) in [5.41, 5.74) is 1.66. The molecule has 8 nitrogen and oxygen atoms in total. The van der Waals surface area contributed by atoms with Crippen LogP contribution < -0.4 is 5.32 Å². The SMILES string of the molecule is CC1(C)CC(C(CC(=O)O)NC(=O)CO/N=C2/C=C3CC[C@H]4C(CC[C@]5(C)C4CC[C@@]5(C)O)[C@]3(C)CC2)CCO1. The average molecular weight is 559 g/mol. The van der Waals surface area contributed by atoms with Gasteiger partial charge in [-0.1, -0.05) is 24.6 Å². The first-order valence-corrected chi connectivity index (χ1v) is 15.5. The van der Waals surface area contributed by atoms with Crippen LogP contribution in [0, 0.1) is 34.5 Å². The van der Waals surface area contributed by atoms with E-state index >= 15 is 0 Å². The van der Waals surface area contributed by atoms with Crippen molar-refractivity contribution in [2.24, 2.45) is 39.7 Å². The van der Waals surface area contributed by atoms with Crippen molar-refractivity contribution in [3.05, 3.63) is 11.6 Å². The number of aliphatic carboxylic acids is 1. The summed E-state index contributed by atoms with van der Waals surface area (Å²) in [6.07, 6.45) is 11.9. The normalized spacial score (nSPS) is 42.1. The molecule has 5 rings (SSSR count). The van der Waals surface area contributed by atoms with Crippen molar-refractivity contribution in [2.45, 2.75) is 122 Å². The molecule has 0 aromatic heterocycles. The molecule has 5 aliphatic rings. The number of nitrogens with zero attached hydrogens (tertiary/aromatic N) is 1. The third-order valence-corrected chi connectivity index (χ3v) is 12.0. The zero-order valence-electron chi connectivity index (χ0n) is 25.1. The number of allylic oxidation sites excluding steroid dienone is 2. The number of nitrogens with one attached hydrogen (secondary N) is 1. The highest BCUT2D eigenvalue weighted by Crippen LogP contribution is 2.67. The van der Waals surface area contributed by atoms with E-state index in [-0.39, 0.29) is 41.3 Å². The Morgan fingerprint density at radius 2 is 1.82 bits per heavy atom. The Bertz CT molecular complexity index is 1070. The van der Waals surface area contributed by atoms with E-state index in [1.807, 2.05) is 13.8 Å². The second-order valence-corrected chi connectivity index (χ2v) is 14.8. The van der Waals surface area contributed by atoms with Crippen molar-refractivity contribution in [1.29, 1.82) is 0 Å². The predicted octanol–water partition coefficient (Wildman–Crippen LogP) is 5.24. The maximum atomic E-state index is 12.7. The van der Waals surface area contributed by atoms with Gasteiger partial charge in [0.2, 0.25) is 0 Å². The maximum Gasteiger partial charge on any atom is 0.305 e. The number of carboxylic acid groups (broad SMARTS) is 1. The van der Waals surface area contributed by atoms with Gasteiger partial charge >= 0.3 is 5.97 Å². The summed E-state index contributed by atoms with van der Waals surface area (Å²) in [5, 5.41) is 27.8. The summed E-state index contributed by atoms with van der Waals surface area (Å²) >= 11 is 0. The second kappa shape index (κ2) is 10.7. The number of oxime groups is 1. The fourth-order valence-corrected chi connectivity index (χ4v) is 9.45. The van der Waals surface area contributed by atoms with Gasteiger partial charge in [-0.3, -0.25) is 9.59 Å². The van der Waals surface area contributed by atoms with E-state index in [4.69, 9.17) is 9.57 Å². The number of fused-ring (bicyclic) bond motifs is 5. The van der Waals surface area contributed by atoms with Crippen LogP contribution in [-0.2, 0) is 19.2 Å². The predicted molar refractivity (Wildman–Crippen MR) is 153 cm³/mol. The molecule has 1 saturated heterocycles. The van der Waals surface area contributed by atoms with Crippen LogP contribution in [0.1, 0.15) is 105 Å². The molecule has 8 atom stereocenters. The molecule has 8 heteroatoms. The van der Waals surface area contributed by atoms with Crippen LogP contribution >= 0.6 is 0 Å². The lowest BCUT2D eigenvalue weighted by Gasteiger charge is -2.59. The van der Waals surface area contributed by atoms with Gasteiger partial charge in [0, 0.05) is 12.6 Å². The topological polar surface area (TPSA) is 117 Å². The Morgan fingerprint density at radius 3 is 2.55 bits per heavy atom. The largest absolute Gasteiger partial charge is 0.481 e. The Hall–Kier alpha value is -1.93. The summed E-state index contributed by atoms with van der Waals surface area (Å²) in [7, 11) is 0. The number of carbonyl (C=O) groups is 2. The number of carboxylic acids is 1. The molecule has 0 aromatic rings. The second-order valence-electron chi connectivity index (χ2n) is 14.8. The van der Waals surface area contributed by atoms with Crippen molar-refractivity contribution in [3.63, 3.8) is 0 Å². The lowest BCUT2D eigenvalue weighted by atomic mass is 9.46. The van der Waals surface area contributed by atoms with Gasteiger partial charge in [0.25, 0.3) is 5.91 Å². The van der Waals surface area contributed by atoms with Gasteiger partial charge in [-0.05, 0) is 126 Å². The molecule has 4 fully saturated rings. The molecular weight excluding hydrogens is 508 g/mol. The summed E-state index contributed by atoms with van der Waals surface area (Å²) in [4.78, 5) is 29.7. The molecule has 3 N–H and O–H groups in total. The van der Waals surface area contributed by atoms with E-state index in [1.54, 1.807) is 0 Å². The minimum absolute atomic E-state index is 0.0336. The molecule has 4 aliphatic carbocycles. The molecule has 1 aliphatic heterocycles. The molecule has 0 bridgehead atoms. The van der Waals surface area contributed by atoms with Crippen molar-refractivity contribution < 1.29 is 29.4 Å². The Morgan fingerprint density at radius 1 is 1.07 bits per heavy atom. The molecule has 4 unspecified atom stereocenters. The van der Waals surface area contributed by atoms with Crippen molar-refractivity contribution in [3.8, 4) is 0 Å². The number of hydrogen-bond donors (Lipinski definition) is 3. The third kappa shape index (κ3) is 5.47. The van der Waals surface area contributed by atoms with Crippen molar-refractivity contribution >= 4 is 17.6 Å². The standard InChI is InChI=1S/C32H50N2O6/c1-29(2)18-20(11-15-39-29)26(17-28(36)37)33-27(35)19-40-34-22-8-12-30(3)21(16-22)6-7-23-24(30)9-13-31(4)25(23)10-14-32(31,5)38/h16,20,23-26,38H,6-15,17-19H2,1-5H3,(H,33,35)(H,36,37)/b34-22+/t20?,23-,24?,25?,26?,30+,31+,32+/m0/s1. The molecule has 40 heavy (non-hydrogen) atoms. The van der Waals surface area contributed by atoms with Gasteiger partial charge in [0.05, 0.1) is 23.3 Å². The van der Waals surface area contributed by atoms with E-state index in [0.29, 0.717) is 30.8 Å². The molecule has 0 radical (unpaired) electrons. The number of hydrogen-bond acceptors (Lipinski definition) is 6. The van der Waals surface area contributed by atoms with Gasteiger partial charge in [0.1, 0.15) is 0 Å². The maximum absolute atomic E-state index is 12.7. The van der Waals surface area contributed by atoms with Crippen molar-refractivity contribution in [2.75, 3.05) is 13.2 Å².